The Kier molecular flexibility index (Phi) is 5.58. The Morgan fingerprint density at radius 2 is 1.78 bits per heavy atom. The van der Waals surface area contributed by atoms with Crippen molar-refractivity contribution < 1.29 is 9.59 Å². The Labute approximate surface area is 141 Å². The third kappa shape index (κ3) is 3.63. The van der Waals surface area contributed by atoms with Gasteiger partial charge in [0.15, 0.2) is 5.78 Å². The second-order valence-corrected chi connectivity index (χ2v) is 5.57. The lowest BCUT2D eigenvalue weighted by molar-refractivity contribution is 0.0743. The molecule has 122 valence electrons. The van der Waals surface area contributed by atoms with Gasteiger partial charge in [-0.25, -0.2) is 0 Å². The monoisotopic (exact) mass is 333 g/mol. The van der Waals surface area contributed by atoms with Crippen LogP contribution in [0.4, 0.5) is 0 Å². The van der Waals surface area contributed by atoms with Crippen LogP contribution in [0.25, 0.3) is 0 Å². The molecule has 1 aromatic carbocycles. The molecule has 0 bridgehead atoms. The Hall–Kier alpha value is -2.11. The number of benzene rings is 1. The Balaban J connectivity index is 0.00000192. The number of nitrogens with zero attached hydrogens (tertiary/aromatic N) is 1. The zero-order valence-electron chi connectivity index (χ0n) is 12.9. The van der Waals surface area contributed by atoms with Gasteiger partial charge < -0.3 is 15.2 Å². The van der Waals surface area contributed by atoms with E-state index >= 15 is 0 Å². The van der Waals surface area contributed by atoms with Crippen molar-refractivity contribution in [3.63, 3.8) is 0 Å². The largest absolute Gasteiger partial charge is 0.367 e. The van der Waals surface area contributed by atoms with Gasteiger partial charge in [-0.05, 0) is 31.2 Å². The minimum absolute atomic E-state index is 0. The minimum Gasteiger partial charge on any atom is -0.367 e. The van der Waals surface area contributed by atoms with Crippen LogP contribution in [0.2, 0.25) is 0 Å². The van der Waals surface area contributed by atoms with Gasteiger partial charge in [0.25, 0.3) is 5.91 Å². The van der Waals surface area contributed by atoms with E-state index in [1.165, 1.54) is 0 Å². The number of amides is 1. The molecule has 1 aromatic heterocycles. The van der Waals surface area contributed by atoms with Gasteiger partial charge in [0.05, 0.1) is 0 Å². The first-order valence-corrected chi connectivity index (χ1v) is 7.42. The Bertz CT molecular complexity index is 662. The predicted molar refractivity (Wildman–Crippen MR) is 91.3 cm³/mol. The van der Waals surface area contributed by atoms with Crippen LogP contribution in [0.3, 0.4) is 0 Å². The number of hydrogen-bond donors (Lipinski definition) is 2. The molecule has 6 heteroatoms. The Morgan fingerprint density at radius 1 is 1.09 bits per heavy atom. The summed E-state index contributed by atoms with van der Waals surface area (Å²) in [6, 6.07) is 8.85. The third-order valence-corrected chi connectivity index (χ3v) is 4.16. The van der Waals surface area contributed by atoms with Gasteiger partial charge in [0.2, 0.25) is 0 Å². The molecule has 1 atom stereocenters. The summed E-state index contributed by atoms with van der Waals surface area (Å²) in [4.78, 5) is 29.3. The van der Waals surface area contributed by atoms with Gasteiger partial charge in [-0.15, -0.1) is 12.4 Å². The summed E-state index contributed by atoms with van der Waals surface area (Å²) in [7, 11) is 1.83. The zero-order valence-corrected chi connectivity index (χ0v) is 13.7. The molecule has 1 amide bonds. The van der Waals surface area contributed by atoms with Crippen LogP contribution in [0, 0.1) is 0 Å². The number of nitrogens with one attached hydrogen (secondary N) is 2. The summed E-state index contributed by atoms with van der Waals surface area (Å²) in [5.41, 5.74) is 1.81. The summed E-state index contributed by atoms with van der Waals surface area (Å²) >= 11 is 0. The molecule has 1 saturated heterocycles. The van der Waals surface area contributed by atoms with Crippen molar-refractivity contribution >= 4 is 24.1 Å². The average Bonchev–Trinajstić information content (AvgIpc) is 3.26. The van der Waals surface area contributed by atoms with E-state index in [1.54, 1.807) is 47.6 Å². The van der Waals surface area contributed by atoms with Crippen molar-refractivity contribution in [1.82, 2.24) is 15.2 Å². The fourth-order valence-corrected chi connectivity index (χ4v) is 2.74. The lowest BCUT2D eigenvalue weighted by Crippen LogP contribution is -2.38. The van der Waals surface area contributed by atoms with Gasteiger partial charge in [0.1, 0.15) is 0 Å². The number of aromatic amines is 1. The van der Waals surface area contributed by atoms with E-state index < -0.39 is 0 Å². The topological polar surface area (TPSA) is 65.2 Å². The number of likely N-dealkylation sites (N-methyl/N-ethyl adjacent to an activating group) is 1. The number of ketones is 1. The van der Waals surface area contributed by atoms with E-state index in [9.17, 15) is 9.59 Å². The molecule has 1 aliphatic rings. The molecule has 2 N–H and O–H groups in total. The third-order valence-electron chi connectivity index (χ3n) is 4.16. The molecule has 3 rings (SSSR count). The van der Waals surface area contributed by atoms with Crippen LogP contribution in [0.5, 0.6) is 0 Å². The highest BCUT2D eigenvalue weighted by Gasteiger charge is 2.24. The molecule has 0 saturated carbocycles. The van der Waals surface area contributed by atoms with Gasteiger partial charge >= 0.3 is 0 Å². The van der Waals surface area contributed by atoms with Crippen LogP contribution >= 0.6 is 12.4 Å². The van der Waals surface area contributed by atoms with Crippen molar-refractivity contribution in [3.05, 3.63) is 59.4 Å². The molecule has 0 spiro atoms. The molecule has 2 heterocycles. The maximum atomic E-state index is 12.4. The van der Waals surface area contributed by atoms with E-state index in [0.717, 1.165) is 19.5 Å². The average molecular weight is 334 g/mol. The first-order valence-electron chi connectivity index (χ1n) is 7.42. The highest BCUT2D eigenvalue weighted by Crippen LogP contribution is 2.14. The lowest BCUT2D eigenvalue weighted by Gasteiger charge is -2.23. The van der Waals surface area contributed by atoms with Gasteiger partial charge in [0, 0.05) is 48.7 Å². The number of halogens is 1. The van der Waals surface area contributed by atoms with Crippen LogP contribution in [-0.2, 0) is 0 Å². The van der Waals surface area contributed by atoms with Crippen molar-refractivity contribution in [3.8, 4) is 0 Å². The molecule has 1 unspecified atom stereocenters. The van der Waals surface area contributed by atoms with Crippen LogP contribution in [0.15, 0.2) is 42.7 Å². The number of H-pyrrole nitrogens is 1. The quantitative estimate of drug-likeness (QED) is 0.842. The zero-order chi connectivity index (χ0) is 15.5. The highest BCUT2D eigenvalue weighted by molar-refractivity contribution is 6.09. The summed E-state index contributed by atoms with van der Waals surface area (Å²) in [5.74, 6) is -0.0528. The molecule has 1 fully saturated rings. The Morgan fingerprint density at radius 3 is 2.35 bits per heavy atom. The molecule has 0 aliphatic carbocycles. The number of hydrogen-bond acceptors (Lipinski definition) is 3. The standard InChI is InChI=1S/C17H19N3O2.ClH/c1-20(15-7-9-19-11-15)17(22)13-4-2-12(3-5-13)16(21)14-6-8-18-10-14;/h2-6,8,10,15,18-19H,7,9,11H2,1H3;1H. The molecular formula is C17H20ClN3O2. The van der Waals surface area contributed by atoms with E-state index in [2.05, 4.69) is 10.3 Å². The minimum atomic E-state index is -0.0476. The maximum Gasteiger partial charge on any atom is 0.253 e. The first kappa shape index (κ1) is 17.2. The smallest absolute Gasteiger partial charge is 0.253 e. The van der Waals surface area contributed by atoms with E-state index in [0.29, 0.717) is 16.7 Å². The van der Waals surface area contributed by atoms with E-state index in [-0.39, 0.29) is 30.1 Å². The van der Waals surface area contributed by atoms with Crippen LogP contribution in [-0.4, -0.2) is 47.8 Å². The van der Waals surface area contributed by atoms with Crippen molar-refractivity contribution in [2.75, 3.05) is 20.1 Å². The van der Waals surface area contributed by atoms with Crippen molar-refractivity contribution in [2.45, 2.75) is 12.5 Å². The molecule has 23 heavy (non-hydrogen) atoms. The van der Waals surface area contributed by atoms with Crippen LogP contribution in [0.1, 0.15) is 32.7 Å². The summed E-state index contributed by atoms with van der Waals surface area (Å²) < 4.78 is 0. The number of carbonyl (C=O) groups excluding carboxylic acids is 2. The number of rotatable bonds is 4. The molecular weight excluding hydrogens is 314 g/mol. The van der Waals surface area contributed by atoms with Gasteiger partial charge in [-0.3, -0.25) is 9.59 Å². The fourth-order valence-electron chi connectivity index (χ4n) is 2.74. The first-order chi connectivity index (χ1) is 10.7. The SMILES string of the molecule is CN(C(=O)c1ccc(C(=O)c2cc[nH]c2)cc1)C1CCNC1.Cl. The molecule has 1 aliphatic heterocycles. The van der Waals surface area contributed by atoms with Gasteiger partial charge in [-0.2, -0.15) is 0 Å². The van der Waals surface area contributed by atoms with Crippen LogP contribution < -0.4 is 5.32 Å². The highest BCUT2D eigenvalue weighted by atomic mass is 35.5. The summed E-state index contributed by atoms with van der Waals surface area (Å²) in [6.07, 6.45) is 4.37. The molecule has 5 nitrogen and oxygen atoms in total. The fraction of sp³-hybridized carbons (Fsp3) is 0.294. The number of carbonyl (C=O) groups is 2. The van der Waals surface area contributed by atoms with E-state index in [4.69, 9.17) is 0 Å². The second kappa shape index (κ2) is 7.44. The lowest BCUT2D eigenvalue weighted by atomic mass is 10.0. The predicted octanol–water partition coefficient (Wildman–Crippen LogP) is 2.10. The molecule has 2 aromatic rings. The summed E-state index contributed by atoms with van der Waals surface area (Å²) in [5, 5.41) is 3.26. The maximum absolute atomic E-state index is 12.4. The normalized spacial score (nSPS) is 16.7. The van der Waals surface area contributed by atoms with Gasteiger partial charge in [-0.1, -0.05) is 12.1 Å². The number of aromatic nitrogens is 1. The van der Waals surface area contributed by atoms with Crippen molar-refractivity contribution in [2.24, 2.45) is 0 Å². The second-order valence-electron chi connectivity index (χ2n) is 5.57. The van der Waals surface area contributed by atoms with E-state index in [1.807, 2.05) is 7.05 Å². The molecule has 0 radical (unpaired) electrons. The summed E-state index contributed by atoms with van der Waals surface area (Å²) in [6.45, 7) is 1.79. The van der Waals surface area contributed by atoms with Crippen molar-refractivity contribution in [1.29, 1.82) is 0 Å².